The van der Waals surface area contributed by atoms with E-state index in [1.807, 2.05) is 6.08 Å². The summed E-state index contributed by atoms with van der Waals surface area (Å²) in [6, 6.07) is 0. The van der Waals surface area contributed by atoms with Gasteiger partial charge in [-0.1, -0.05) is 44.6 Å². The van der Waals surface area contributed by atoms with E-state index in [9.17, 15) is 4.79 Å². The van der Waals surface area contributed by atoms with Crippen molar-refractivity contribution in [2.24, 2.45) is 5.92 Å². The lowest BCUT2D eigenvalue weighted by Crippen LogP contribution is -2.01. The van der Waals surface area contributed by atoms with Crippen molar-refractivity contribution in [2.45, 2.75) is 46.0 Å². The van der Waals surface area contributed by atoms with E-state index in [-0.39, 0.29) is 0 Å². The van der Waals surface area contributed by atoms with Gasteiger partial charge >= 0.3 is 0 Å². The second-order valence-corrected chi connectivity index (χ2v) is 3.96. The van der Waals surface area contributed by atoms with Crippen LogP contribution in [0.2, 0.25) is 0 Å². The third kappa shape index (κ3) is 9.24. The van der Waals surface area contributed by atoms with Gasteiger partial charge in [0.05, 0.1) is 0 Å². The Balaban J connectivity index is 3.31. The first-order chi connectivity index (χ1) is 6.66. The predicted molar refractivity (Wildman–Crippen MR) is 62.3 cm³/mol. The predicted octanol–water partition coefficient (Wildman–Crippen LogP) is 3.90. The van der Waals surface area contributed by atoms with Crippen molar-refractivity contribution in [3.63, 3.8) is 0 Å². The minimum atomic E-state index is 0.309. The Bertz CT molecular complexity index is 191. The van der Waals surface area contributed by atoms with E-state index < -0.39 is 0 Å². The van der Waals surface area contributed by atoms with Crippen LogP contribution >= 0.6 is 0 Å². The highest BCUT2D eigenvalue weighted by Crippen LogP contribution is 2.13. The highest BCUT2D eigenvalue weighted by molar-refractivity contribution is 5.75. The fourth-order valence-electron chi connectivity index (χ4n) is 1.54. The molecule has 0 aliphatic heterocycles. The second-order valence-electron chi connectivity index (χ2n) is 3.96. The molecule has 0 fully saturated rings. The maximum absolute atomic E-state index is 10.8. The van der Waals surface area contributed by atoms with Crippen LogP contribution in [0.1, 0.15) is 46.0 Å². The van der Waals surface area contributed by atoms with E-state index in [4.69, 9.17) is 0 Å². The van der Waals surface area contributed by atoms with Crippen LogP contribution in [-0.2, 0) is 4.79 Å². The highest BCUT2D eigenvalue weighted by atomic mass is 16.1. The number of carbonyl (C=O) groups is 1. The van der Waals surface area contributed by atoms with E-state index in [1.54, 1.807) is 13.0 Å². The number of carbonyl (C=O) groups excluding carboxylic acids is 1. The summed E-state index contributed by atoms with van der Waals surface area (Å²) in [7, 11) is 0. The van der Waals surface area contributed by atoms with Gasteiger partial charge in [-0.25, -0.2) is 0 Å². The molecular formula is C13H22O. The van der Waals surface area contributed by atoms with Gasteiger partial charge in [-0.15, -0.1) is 0 Å². The van der Waals surface area contributed by atoms with Gasteiger partial charge in [-0.2, -0.15) is 0 Å². The largest absolute Gasteiger partial charge is 0.300 e. The van der Waals surface area contributed by atoms with Crippen molar-refractivity contribution in [3.8, 4) is 0 Å². The number of allylic oxidation sites excluding steroid dienone is 3. The number of hydrogen-bond acceptors (Lipinski definition) is 1. The summed E-state index contributed by atoms with van der Waals surface area (Å²) >= 11 is 0. The number of unbranched alkanes of at least 4 members (excludes halogenated alkanes) is 2. The summed E-state index contributed by atoms with van der Waals surface area (Å²) in [4.78, 5) is 10.8. The van der Waals surface area contributed by atoms with Gasteiger partial charge in [0, 0.05) is 6.42 Å². The molecule has 0 radical (unpaired) electrons. The number of rotatable bonds is 8. The molecule has 0 aliphatic carbocycles. The molecule has 0 aliphatic rings. The van der Waals surface area contributed by atoms with Crippen LogP contribution in [0, 0.1) is 5.92 Å². The number of ketones is 1. The van der Waals surface area contributed by atoms with E-state index >= 15 is 0 Å². The van der Waals surface area contributed by atoms with E-state index in [1.165, 1.54) is 19.3 Å². The maximum atomic E-state index is 10.8. The summed E-state index contributed by atoms with van der Waals surface area (Å²) in [5, 5.41) is 0. The fourth-order valence-corrected chi connectivity index (χ4v) is 1.54. The Kier molecular flexibility index (Phi) is 8.20. The van der Waals surface area contributed by atoms with Crippen LogP contribution in [0.5, 0.6) is 0 Å². The summed E-state index contributed by atoms with van der Waals surface area (Å²) in [6.07, 6.45) is 11.4. The second kappa shape index (κ2) is 8.74. The first-order valence-electron chi connectivity index (χ1n) is 5.43. The SMILES string of the molecule is C=CC=CCCCCC(C)CC(C)=O. The van der Waals surface area contributed by atoms with Gasteiger partial charge in [0.25, 0.3) is 0 Å². The average molecular weight is 194 g/mol. The van der Waals surface area contributed by atoms with E-state index in [0.717, 1.165) is 12.8 Å². The Labute approximate surface area is 87.9 Å². The van der Waals surface area contributed by atoms with Crippen molar-refractivity contribution in [3.05, 3.63) is 24.8 Å². The van der Waals surface area contributed by atoms with Crippen LogP contribution in [0.4, 0.5) is 0 Å². The Morgan fingerprint density at radius 2 is 2.14 bits per heavy atom. The standard InChI is InChI=1S/C13H22O/c1-4-5-6-7-8-9-10-12(2)11-13(3)14/h4-6,12H,1,7-11H2,2-3H3. The molecule has 0 N–H and O–H groups in total. The average Bonchev–Trinajstić information content (AvgIpc) is 2.10. The summed E-state index contributed by atoms with van der Waals surface area (Å²) in [6.45, 7) is 7.44. The first-order valence-corrected chi connectivity index (χ1v) is 5.43. The lowest BCUT2D eigenvalue weighted by atomic mass is 9.98. The van der Waals surface area contributed by atoms with Crippen LogP contribution < -0.4 is 0 Å². The lowest BCUT2D eigenvalue weighted by molar-refractivity contribution is -0.117. The Hall–Kier alpha value is -0.850. The van der Waals surface area contributed by atoms with Crippen LogP contribution in [0.3, 0.4) is 0 Å². The van der Waals surface area contributed by atoms with Crippen LogP contribution in [0.25, 0.3) is 0 Å². The van der Waals surface area contributed by atoms with Gasteiger partial charge in [0.1, 0.15) is 5.78 Å². The van der Waals surface area contributed by atoms with Crippen molar-refractivity contribution < 1.29 is 4.79 Å². The van der Waals surface area contributed by atoms with Gasteiger partial charge in [-0.3, -0.25) is 0 Å². The summed E-state index contributed by atoms with van der Waals surface area (Å²) in [5.74, 6) is 0.861. The molecule has 0 aromatic heterocycles. The molecule has 80 valence electrons. The molecule has 0 saturated carbocycles. The maximum Gasteiger partial charge on any atom is 0.130 e. The number of hydrogen-bond donors (Lipinski definition) is 0. The summed E-state index contributed by atoms with van der Waals surface area (Å²) in [5.41, 5.74) is 0. The van der Waals surface area contributed by atoms with Crippen molar-refractivity contribution in [1.82, 2.24) is 0 Å². The van der Waals surface area contributed by atoms with Gasteiger partial charge in [-0.05, 0) is 25.7 Å². The van der Waals surface area contributed by atoms with Crippen molar-refractivity contribution in [2.75, 3.05) is 0 Å². The smallest absolute Gasteiger partial charge is 0.130 e. The van der Waals surface area contributed by atoms with Crippen molar-refractivity contribution >= 4 is 5.78 Å². The van der Waals surface area contributed by atoms with Gasteiger partial charge in [0.2, 0.25) is 0 Å². The third-order valence-corrected chi connectivity index (χ3v) is 2.23. The number of Topliss-reactive ketones (excluding diaryl/α,β-unsaturated/α-hetero) is 1. The molecule has 14 heavy (non-hydrogen) atoms. The molecule has 0 aromatic rings. The minimum Gasteiger partial charge on any atom is -0.300 e. The normalized spacial score (nSPS) is 13.0. The molecule has 0 aromatic carbocycles. The van der Waals surface area contributed by atoms with Crippen LogP contribution in [0.15, 0.2) is 24.8 Å². The minimum absolute atomic E-state index is 0.309. The molecule has 1 nitrogen and oxygen atoms in total. The molecule has 1 unspecified atom stereocenters. The quantitative estimate of drug-likeness (QED) is 0.423. The molecule has 1 heteroatoms. The zero-order chi connectivity index (χ0) is 10.8. The molecule has 0 heterocycles. The van der Waals surface area contributed by atoms with E-state index in [0.29, 0.717) is 11.7 Å². The zero-order valence-electron chi connectivity index (χ0n) is 9.46. The highest BCUT2D eigenvalue weighted by Gasteiger charge is 2.03. The van der Waals surface area contributed by atoms with Crippen molar-refractivity contribution in [1.29, 1.82) is 0 Å². The monoisotopic (exact) mass is 194 g/mol. The molecule has 0 rings (SSSR count). The Morgan fingerprint density at radius 1 is 1.43 bits per heavy atom. The Morgan fingerprint density at radius 3 is 2.71 bits per heavy atom. The molecule has 0 spiro atoms. The first kappa shape index (κ1) is 13.2. The molecule has 0 saturated heterocycles. The topological polar surface area (TPSA) is 17.1 Å². The molecule has 0 bridgehead atoms. The van der Waals surface area contributed by atoms with Gasteiger partial charge < -0.3 is 4.79 Å². The zero-order valence-corrected chi connectivity index (χ0v) is 9.46. The third-order valence-electron chi connectivity index (χ3n) is 2.23. The lowest BCUT2D eigenvalue weighted by Gasteiger charge is -2.07. The molecule has 0 amide bonds. The molecular weight excluding hydrogens is 172 g/mol. The van der Waals surface area contributed by atoms with Crippen LogP contribution in [-0.4, -0.2) is 5.78 Å². The fraction of sp³-hybridized carbons (Fsp3) is 0.615. The van der Waals surface area contributed by atoms with E-state index in [2.05, 4.69) is 19.6 Å². The molecule has 1 atom stereocenters. The van der Waals surface area contributed by atoms with Gasteiger partial charge in [0.15, 0.2) is 0 Å². The summed E-state index contributed by atoms with van der Waals surface area (Å²) < 4.78 is 0.